The molecule has 0 aromatic carbocycles. The van der Waals surface area contributed by atoms with Gasteiger partial charge in [-0.1, -0.05) is 6.42 Å². The summed E-state index contributed by atoms with van der Waals surface area (Å²) >= 11 is 0. The van der Waals surface area contributed by atoms with Crippen molar-refractivity contribution in [2.24, 2.45) is 0 Å². The molecule has 0 spiro atoms. The van der Waals surface area contributed by atoms with Gasteiger partial charge >= 0.3 is 5.97 Å². The minimum absolute atomic E-state index is 0.189. The molecule has 0 saturated heterocycles. The van der Waals surface area contributed by atoms with Gasteiger partial charge < -0.3 is 10.1 Å². The Morgan fingerprint density at radius 3 is 2.80 bits per heavy atom. The van der Waals surface area contributed by atoms with E-state index in [1.807, 2.05) is 0 Å². The predicted molar refractivity (Wildman–Crippen MR) is 52.8 cm³/mol. The molecule has 5 nitrogen and oxygen atoms in total. The molecule has 1 aliphatic carbocycles. The molecular formula is C10H12N2O3. The molecule has 0 aliphatic heterocycles. The van der Waals surface area contributed by atoms with Crippen molar-refractivity contribution < 1.29 is 9.90 Å². The highest BCUT2D eigenvalue weighted by molar-refractivity contribution is 5.68. The summed E-state index contributed by atoms with van der Waals surface area (Å²) in [6, 6.07) is 0. The van der Waals surface area contributed by atoms with Crippen LogP contribution in [0.25, 0.3) is 0 Å². The van der Waals surface area contributed by atoms with Crippen molar-refractivity contribution in [1.29, 1.82) is 0 Å². The smallest absolute Gasteiger partial charge is 0.311 e. The van der Waals surface area contributed by atoms with Crippen LogP contribution >= 0.6 is 0 Å². The van der Waals surface area contributed by atoms with Gasteiger partial charge in [-0.05, 0) is 18.8 Å². The van der Waals surface area contributed by atoms with Crippen molar-refractivity contribution in [3.05, 3.63) is 27.9 Å². The van der Waals surface area contributed by atoms with E-state index in [1.54, 1.807) is 0 Å². The molecule has 1 aliphatic rings. The lowest BCUT2D eigenvalue weighted by molar-refractivity contribution is -0.136. The van der Waals surface area contributed by atoms with Crippen LogP contribution in [-0.2, 0) is 11.2 Å². The Morgan fingerprint density at radius 2 is 2.33 bits per heavy atom. The van der Waals surface area contributed by atoms with Gasteiger partial charge in [0.15, 0.2) is 0 Å². The first-order valence-corrected chi connectivity index (χ1v) is 4.96. The zero-order valence-corrected chi connectivity index (χ0v) is 8.19. The van der Waals surface area contributed by atoms with E-state index in [1.165, 1.54) is 6.20 Å². The predicted octanol–water partition coefficient (Wildman–Crippen LogP) is 0.664. The summed E-state index contributed by atoms with van der Waals surface area (Å²) in [4.78, 5) is 28.4. The van der Waals surface area contributed by atoms with Crippen LogP contribution < -0.4 is 5.56 Å². The number of nitrogens with zero attached hydrogens (tertiary/aromatic N) is 1. The van der Waals surface area contributed by atoms with E-state index in [0.717, 1.165) is 19.3 Å². The zero-order chi connectivity index (χ0) is 10.8. The zero-order valence-electron chi connectivity index (χ0n) is 8.19. The number of hydrogen-bond acceptors (Lipinski definition) is 3. The summed E-state index contributed by atoms with van der Waals surface area (Å²) in [5, 5.41) is 8.53. The van der Waals surface area contributed by atoms with E-state index in [-0.39, 0.29) is 17.8 Å². The van der Waals surface area contributed by atoms with Gasteiger partial charge in [0.1, 0.15) is 12.2 Å². The van der Waals surface area contributed by atoms with Gasteiger partial charge in [-0.25, -0.2) is 4.98 Å². The van der Waals surface area contributed by atoms with Gasteiger partial charge in [0.25, 0.3) is 5.56 Å². The van der Waals surface area contributed by atoms with Crippen LogP contribution in [0.5, 0.6) is 0 Å². The van der Waals surface area contributed by atoms with E-state index >= 15 is 0 Å². The van der Waals surface area contributed by atoms with Gasteiger partial charge in [0.05, 0.1) is 0 Å². The molecule has 2 rings (SSSR count). The minimum atomic E-state index is -0.991. The fourth-order valence-corrected chi connectivity index (χ4v) is 1.68. The van der Waals surface area contributed by atoms with Crippen molar-refractivity contribution in [1.82, 2.24) is 9.97 Å². The van der Waals surface area contributed by atoms with Gasteiger partial charge in [-0.3, -0.25) is 9.59 Å². The quantitative estimate of drug-likeness (QED) is 0.764. The monoisotopic (exact) mass is 208 g/mol. The highest BCUT2D eigenvalue weighted by Gasteiger charge is 2.22. The normalized spacial score (nSPS) is 16.0. The number of aliphatic carboxylic acids is 1. The number of carbonyl (C=O) groups is 1. The first-order valence-electron chi connectivity index (χ1n) is 4.96. The maximum absolute atomic E-state index is 11.6. The first kappa shape index (κ1) is 9.89. The summed E-state index contributed by atoms with van der Waals surface area (Å²) in [5.74, 6) is -0.453. The molecule has 1 aromatic rings. The van der Waals surface area contributed by atoms with Crippen LogP contribution in [0.2, 0.25) is 0 Å². The van der Waals surface area contributed by atoms with Crippen LogP contribution in [0.3, 0.4) is 0 Å². The molecule has 1 aromatic heterocycles. The Balaban J connectivity index is 2.22. The largest absolute Gasteiger partial charge is 0.481 e. The maximum Gasteiger partial charge on any atom is 0.311 e. The summed E-state index contributed by atoms with van der Waals surface area (Å²) in [6.45, 7) is 0. The number of aromatic nitrogens is 2. The Morgan fingerprint density at radius 1 is 1.60 bits per heavy atom. The van der Waals surface area contributed by atoms with Crippen molar-refractivity contribution in [2.75, 3.05) is 0 Å². The molecule has 5 heteroatoms. The van der Waals surface area contributed by atoms with E-state index in [0.29, 0.717) is 11.5 Å². The van der Waals surface area contributed by atoms with Crippen LogP contribution in [0.15, 0.2) is 11.0 Å². The first-order chi connectivity index (χ1) is 7.16. The molecule has 0 amide bonds. The lowest BCUT2D eigenvalue weighted by Gasteiger charge is -2.24. The van der Waals surface area contributed by atoms with Crippen molar-refractivity contribution in [3.8, 4) is 0 Å². The van der Waals surface area contributed by atoms with Gasteiger partial charge in [-0.15, -0.1) is 0 Å². The number of hydrogen-bond donors (Lipinski definition) is 2. The molecule has 1 heterocycles. The van der Waals surface area contributed by atoms with Crippen molar-refractivity contribution >= 4 is 5.97 Å². The SMILES string of the molecule is O=C(O)Cc1ncc(C2CCC2)c(=O)[nH]1. The lowest BCUT2D eigenvalue weighted by Crippen LogP contribution is -2.23. The van der Waals surface area contributed by atoms with Gasteiger partial charge in [0, 0.05) is 11.8 Å². The van der Waals surface area contributed by atoms with Gasteiger partial charge in [-0.2, -0.15) is 0 Å². The van der Waals surface area contributed by atoms with E-state index in [9.17, 15) is 9.59 Å². The van der Waals surface area contributed by atoms with E-state index < -0.39 is 5.97 Å². The standard InChI is InChI=1S/C10H12N2O3/c13-9(14)4-8-11-5-7(10(15)12-8)6-2-1-3-6/h5-6H,1-4H2,(H,13,14)(H,11,12,15). The molecule has 1 fully saturated rings. The van der Waals surface area contributed by atoms with Crippen molar-refractivity contribution in [2.45, 2.75) is 31.6 Å². The fraction of sp³-hybridized carbons (Fsp3) is 0.500. The number of carboxylic acids is 1. The average Bonchev–Trinajstić information content (AvgIpc) is 2.05. The third kappa shape index (κ3) is 2.06. The molecule has 0 atom stereocenters. The topological polar surface area (TPSA) is 83.0 Å². The van der Waals surface area contributed by atoms with Crippen molar-refractivity contribution in [3.63, 3.8) is 0 Å². The summed E-state index contributed by atoms with van der Waals surface area (Å²) < 4.78 is 0. The van der Waals surface area contributed by atoms with Gasteiger partial charge in [0.2, 0.25) is 0 Å². The van der Waals surface area contributed by atoms with Crippen LogP contribution in [0.4, 0.5) is 0 Å². The second kappa shape index (κ2) is 3.84. The summed E-state index contributed by atoms with van der Waals surface area (Å²) in [6.07, 6.45) is 4.49. The second-order valence-electron chi connectivity index (χ2n) is 3.81. The molecular weight excluding hydrogens is 196 g/mol. The maximum atomic E-state index is 11.6. The molecule has 0 unspecified atom stereocenters. The number of aromatic amines is 1. The third-order valence-electron chi connectivity index (χ3n) is 2.74. The highest BCUT2D eigenvalue weighted by Crippen LogP contribution is 2.33. The molecule has 1 saturated carbocycles. The Kier molecular flexibility index (Phi) is 2.53. The highest BCUT2D eigenvalue weighted by atomic mass is 16.4. The Hall–Kier alpha value is -1.65. The molecule has 0 bridgehead atoms. The van der Waals surface area contributed by atoms with E-state index in [4.69, 9.17) is 5.11 Å². The minimum Gasteiger partial charge on any atom is -0.481 e. The Bertz CT molecular complexity index is 435. The molecule has 15 heavy (non-hydrogen) atoms. The van der Waals surface area contributed by atoms with E-state index in [2.05, 4.69) is 9.97 Å². The van der Waals surface area contributed by atoms with Crippen LogP contribution in [0.1, 0.15) is 36.6 Å². The fourth-order valence-electron chi connectivity index (χ4n) is 1.68. The second-order valence-corrected chi connectivity index (χ2v) is 3.81. The van der Waals surface area contributed by atoms with Crippen LogP contribution in [-0.4, -0.2) is 21.0 Å². The third-order valence-corrected chi connectivity index (χ3v) is 2.74. The average molecular weight is 208 g/mol. The number of rotatable bonds is 3. The Labute approximate surface area is 86.2 Å². The molecule has 0 radical (unpaired) electrons. The molecule has 2 N–H and O–H groups in total. The summed E-state index contributed by atoms with van der Waals surface area (Å²) in [5.41, 5.74) is 0.501. The number of nitrogens with one attached hydrogen (secondary N) is 1. The number of carboxylic acid groups (broad SMARTS) is 1. The molecule has 80 valence electrons. The lowest BCUT2D eigenvalue weighted by atomic mass is 9.81. The summed E-state index contributed by atoms with van der Waals surface area (Å²) in [7, 11) is 0. The number of H-pyrrole nitrogens is 1. The van der Waals surface area contributed by atoms with Crippen LogP contribution in [0, 0.1) is 0 Å².